The summed E-state index contributed by atoms with van der Waals surface area (Å²) in [5.74, 6) is -1.86. The van der Waals surface area contributed by atoms with Gasteiger partial charge in [0.1, 0.15) is 0 Å². The molecule has 3 aliphatic rings. The van der Waals surface area contributed by atoms with Crippen molar-refractivity contribution in [2.24, 2.45) is 29.6 Å². The van der Waals surface area contributed by atoms with Crippen LogP contribution >= 0.6 is 0 Å². The first kappa shape index (κ1) is 14.6. The number of aliphatic carboxylic acids is 1. The fourth-order valence-corrected chi connectivity index (χ4v) is 4.41. The van der Waals surface area contributed by atoms with Crippen LogP contribution in [-0.2, 0) is 9.59 Å². The first-order valence-corrected chi connectivity index (χ1v) is 7.94. The van der Waals surface area contributed by atoms with Crippen LogP contribution in [0.3, 0.4) is 0 Å². The molecule has 0 aromatic rings. The van der Waals surface area contributed by atoms with E-state index in [0.717, 1.165) is 32.1 Å². The number of carbonyl (C=O) groups excluding carboxylic acids is 1. The molecule has 116 valence electrons. The minimum atomic E-state index is -0.866. The second-order valence-corrected chi connectivity index (χ2v) is 6.68. The molecule has 0 aromatic carbocycles. The lowest BCUT2D eigenvalue weighted by molar-refractivity contribution is -0.148. The van der Waals surface area contributed by atoms with Crippen molar-refractivity contribution in [3.05, 3.63) is 12.2 Å². The average Bonchev–Trinajstić information content (AvgIpc) is 3.08. The number of amides is 1. The third-order valence-corrected chi connectivity index (χ3v) is 5.52. The average molecular weight is 293 g/mol. The van der Waals surface area contributed by atoms with Crippen molar-refractivity contribution in [2.75, 3.05) is 6.61 Å². The fourth-order valence-electron chi connectivity index (χ4n) is 4.41. The largest absolute Gasteiger partial charge is 0.481 e. The zero-order chi connectivity index (χ0) is 15.0. The van der Waals surface area contributed by atoms with Gasteiger partial charge < -0.3 is 15.5 Å². The van der Waals surface area contributed by atoms with Crippen molar-refractivity contribution in [3.8, 4) is 0 Å². The van der Waals surface area contributed by atoms with E-state index in [-0.39, 0.29) is 36.3 Å². The summed E-state index contributed by atoms with van der Waals surface area (Å²) in [6.45, 7) is 0.0872. The van der Waals surface area contributed by atoms with Gasteiger partial charge in [-0.25, -0.2) is 0 Å². The van der Waals surface area contributed by atoms with Crippen molar-refractivity contribution in [2.45, 2.75) is 38.1 Å². The molecule has 21 heavy (non-hydrogen) atoms. The normalized spacial score (nSPS) is 41.2. The van der Waals surface area contributed by atoms with Crippen LogP contribution in [0.1, 0.15) is 32.1 Å². The molecule has 0 aromatic heterocycles. The minimum absolute atomic E-state index is 0.00300. The lowest BCUT2D eigenvalue weighted by Gasteiger charge is -2.33. The maximum Gasteiger partial charge on any atom is 0.307 e. The van der Waals surface area contributed by atoms with E-state index in [4.69, 9.17) is 0 Å². The van der Waals surface area contributed by atoms with Crippen LogP contribution in [0, 0.1) is 29.6 Å². The van der Waals surface area contributed by atoms with E-state index in [1.54, 1.807) is 0 Å². The number of carboxylic acids is 1. The molecule has 2 bridgehead atoms. The molecule has 0 aliphatic heterocycles. The predicted octanol–water partition coefficient (Wildman–Crippen LogP) is 1.18. The van der Waals surface area contributed by atoms with Crippen LogP contribution in [-0.4, -0.2) is 34.7 Å². The maximum absolute atomic E-state index is 12.6. The van der Waals surface area contributed by atoms with Crippen LogP contribution < -0.4 is 5.32 Å². The zero-order valence-corrected chi connectivity index (χ0v) is 12.1. The molecule has 2 fully saturated rings. The van der Waals surface area contributed by atoms with Crippen LogP contribution in [0.25, 0.3) is 0 Å². The van der Waals surface area contributed by atoms with Gasteiger partial charge in [0, 0.05) is 18.6 Å². The van der Waals surface area contributed by atoms with E-state index >= 15 is 0 Å². The number of aliphatic hydroxyl groups excluding tert-OH is 1. The number of allylic oxidation sites excluding steroid dienone is 2. The Hall–Kier alpha value is -1.36. The van der Waals surface area contributed by atoms with Gasteiger partial charge in [-0.05, 0) is 31.1 Å². The molecule has 0 spiro atoms. The number of hydrogen-bond donors (Lipinski definition) is 3. The van der Waals surface area contributed by atoms with E-state index in [1.807, 2.05) is 12.2 Å². The molecule has 0 saturated heterocycles. The Balaban J connectivity index is 1.70. The number of hydrogen-bond acceptors (Lipinski definition) is 3. The Kier molecular flexibility index (Phi) is 4.02. The van der Waals surface area contributed by atoms with Gasteiger partial charge in [-0.2, -0.15) is 0 Å². The molecule has 2 saturated carbocycles. The summed E-state index contributed by atoms with van der Waals surface area (Å²) in [6.07, 6.45) is 8.69. The van der Waals surface area contributed by atoms with Gasteiger partial charge in [-0.3, -0.25) is 9.59 Å². The molecule has 3 rings (SSSR count). The third-order valence-electron chi connectivity index (χ3n) is 5.52. The fraction of sp³-hybridized carbons (Fsp3) is 0.750. The Morgan fingerprint density at radius 1 is 1.10 bits per heavy atom. The van der Waals surface area contributed by atoms with Crippen molar-refractivity contribution in [1.29, 1.82) is 0 Å². The molecular formula is C16H23NO4. The highest BCUT2D eigenvalue weighted by molar-refractivity contribution is 5.87. The number of fused-ring (bicyclic) bond motifs is 2. The quantitative estimate of drug-likeness (QED) is 0.679. The van der Waals surface area contributed by atoms with Gasteiger partial charge in [0.2, 0.25) is 5.91 Å². The van der Waals surface area contributed by atoms with Crippen molar-refractivity contribution in [3.63, 3.8) is 0 Å². The summed E-state index contributed by atoms with van der Waals surface area (Å²) in [7, 11) is 0. The topological polar surface area (TPSA) is 86.6 Å². The Morgan fingerprint density at radius 2 is 1.76 bits per heavy atom. The van der Waals surface area contributed by atoms with Crippen LogP contribution in [0.5, 0.6) is 0 Å². The van der Waals surface area contributed by atoms with Crippen LogP contribution in [0.15, 0.2) is 12.2 Å². The number of nitrogens with one attached hydrogen (secondary N) is 1. The molecule has 0 heterocycles. The monoisotopic (exact) mass is 293 g/mol. The van der Waals surface area contributed by atoms with Gasteiger partial charge in [-0.1, -0.05) is 25.0 Å². The highest BCUT2D eigenvalue weighted by atomic mass is 16.4. The highest BCUT2D eigenvalue weighted by Crippen LogP contribution is 2.48. The summed E-state index contributed by atoms with van der Waals surface area (Å²) < 4.78 is 0. The Labute approximate surface area is 124 Å². The van der Waals surface area contributed by atoms with Crippen LogP contribution in [0.4, 0.5) is 0 Å². The number of rotatable bonds is 4. The second kappa shape index (κ2) is 5.79. The molecule has 3 aliphatic carbocycles. The minimum Gasteiger partial charge on any atom is -0.481 e. The highest BCUT2D eigenvalue weighted by Gasteiger charge is 2.52. The lowest BCUT2D eigenvalue weighted by atomic mass is 9.80. The molecule has 3 N–H and O–H groups in total. The molecule has 5 heteroatoms. The number of aliphatic hydroxyl groups is 1. The molecular weight excluding hydrogens is 270 g/mol. The van der Waals surface area contributed by atoms with Gasteiger partial charge in [-0.15, -0.1) is 0 Å². The maximum atomic E-state index is 12.6. The van der Waals surface area contributed by atoms with Crippen molar-refractivity contribution < 1.29 is 19.8 Å². The summed E-state index contributed by atoms with van der Waals surface area (Å²) >= 11 is 0. The number of carboxylic acid groups (broad SMARTS) is 1. The molecule has 5 nitrogen and oxygen atoms in total. The summed E-state index contributed by atoms with van der Waals surface area (Å²) in [6, 6.07) is -0.00574. The third kappa shape index (κ3) is 2.59. The first-order chi connectivity index (χ1) is 10.1. The predicted molar refractivity (Wildman–Crippen MR) is 76.3 cm³/mol. The SMILES string of the molecule is O=C(O)[C@@H]1C2C=CC(C2)[C@@H]1C(=O)NC1CCCCC1CO. The first-order valence-electron chi connectivity index (χ1n) is 7.94. The van der Waals surface area contributed by atoms with Crippen molar-refractivity contribution >= 4 is 11.9 Å². The van der Waals surface area contributed by atoms with Crippen molar-refractivity contribution in [1.82, 2.24) is 5.32 Å². The van der Waals surface area contributed by atoms with Gasteiger partial charge in [0.05, 0.1) is 11.8 Å². The Morgan fingerprint density at radius 3 is 2.43 bits per heavy atom. The number of carbonyl (C=O) groups is 2. The summed E-state index contributed by atoms with van der Waals surface area (Å²) in [4.78, 5) is 24.1. The van der Waals surface area contributed by atoms with E-state index in [0.29, 0.717) is 0 Å². The summed E-state index contributed by atoms with van der Waals surface area (Å²) in [5, 5.41) is 21.9. The Bertz CT molecular complexity index is 461. The van der Waals surface area contributed by atoms with E-state index in [2.05, 4.69) is 5.32 Å². The van der Waals surface area contributed by atoms with Crippen LogP contribution in [0.2, 0.25) is 0 Å². The van der Waals surface area contributed by atoms with Gasteiger partial charge in [0.25, 0.3) is 0 Å². The van der Waals surface area contributed by atoms with Gasteiger partial charge in [0.15, 0.2) is 0 Å². The molecule has 1 amide bonds. The standard InChI is InChI=1S/C16H23NO4/c18-8-11-3-1-2-4-12(11)17-15(19)13-9-5-6-10(7-9)14(13)16(20)21/h5-6,9-14,18H,1-4,7-8H2,(H,17,19)(H,20,21)/t9?,10?,11?,12?,13-,14+/m0/s1. The zero-order valence-electron chi connectivity index (χ0n) is 12.1. The van der Waals surface area contributed by atoms with E-state index < -0.39 is 17.8 Å². The second-order valence-electron chi connectivity index (χ2n) is 6.68. The molecule has 4 unspecified atom stereocenters. The van der Waals surface area contributed by atoms with E-state index in [1.165, 1.54) is 0 Å². The molecule has 6 atom stereocenters. The lowest BCUT2D eigenvalue weighted by Crippen LogP contribution is -2.48. The van der Waals surface area contributed by atoms with Gasteiger partial charge >= 0.3 is 5.97 Å². The summed E-state index contributed by atoms with van der Waals surface area (Å²) in [5.41, 5.74) is 0. The smallest absolute Gasteiger partial charge is 0.307 e. The van der Waals surface area contributed by atoms with E-state index in [9.17, 15) is 19.8 Å². The molecule has 0 radical (unpaired) electrons.